The Morgan fingerprint density at radius 3 is 2.56 bits per heavy atom. The third-order valence-corrected chi connectivity index (χ3v) is 4.54. The van der Waals surface area contributed by atoms with Crippen molar-refractivity contribution >= 4 is 35.8 Å². The molecule has 0 aliphatic heterocycles. The highest BCUT2D eigenvalue weighted by Crippen LogP contribution is 2.38. The van der Waals surface area contributed by atoms with Crippen molar-refractivity contribution in [3.05, 3.63) is 18.0 Å². The lowest BCUT2D eigenvalue weighted by molar-refractivity contribution is -0.138. The van der Waals surface area contributed by atoms with Gasteiger partial charge in [0.15, 0.2) is 5.96 Å². The van der Waals surface area contributed by atoms with Crippen molar-refractivity contribution in [2.45, 2.75) is 39.2 Å². The molecule has 1 saturated carbocycles. The van der Waals surface area contributed by atoms with Crippen LogP contribution in [0.1, 0.15) is 38.2 Å². The number of guanidine groups is 1. The molecule has 1 aromatic heterocycles. The highest BCUT2D eigenvalue weighted by atomic mass is 127. The summed E-state index contributed by atoms with van der Waals surface area (Å²) in [6.45, 7) is 4.02. The van der Waals surface area contributed by atoms with E-state index in [4.69, 9.17) is 0 Å². The third-order valence-electron chi connectivity index (χ3n) is 4.54. The number of hydrogen-bond acceptors (Lipinski definition) is 3. The van der Waals surface area contributed by atoms with E-state index >= 15 is 0 Å². The second-order valence-corrected chi connectivity index (χ2v) is 6.76. The number of nitrogens with one attached hydrogen (secondary N) is 2. The standard InChI is InChI=1S/C17H30N6O.HI/c1-5-18-16(19-10-14-11-21-23(4)12-14)20-13-17(8-6-7-9-17)15(24)22(2)3;/h11-12H,5-10,13H2,1-4H3,(H2,18,19,20);1H. The Morgan fingerprint density at radius 2 is 2.04 bits per heavy atom. The van der Waals surface area contributed by atoms with Crippen molar-refractivity contribution in [1.82, 2.24) is 25.3 Å². The second kappa shape index (κ2) is 9.98. The van der Waals surface area contributed by atoms with Crippen LogP contribution >= 0.6 is 24.0 Å². The molecule has 0 saturated heterocycles. The average Bonchev–Trinajstić information content (AvgIpc) is 3.19. The van der Waals surface area contributed by atoms with Crippen LogP contribution in [0.15, 0.2) is 17.4 Å². The van der Waals surface area contributed by atoms with Gasteiger partial charge in [-0.25, -0.2) is 4.99 Å². The van der Waals surface area contributed by atoms with Crippen molar-refractivity contribution in [1.29, 1.82) is 0 Å². The molecule has 1 amide bonds. The summed E-state index contributed by atoms with van der Waals surface area (Å²) in [5.74, 6) is 0.967. The van der Waals surface area contributed by atoms with E-state index in [9.17, 15) is 4.79 Å². The number of aryl methyl sites for hydroxylation is 1. The molecule has 142 valence electrons. The van der Waals surface area contributed by atoms with Crippen LogP contribution < -0.4 is 10.6 Å². The van der Waals surface area contributed by atoms with Crippen LogP contribution in [0.4, 0.5) is 0 Å². The van der Waals surface area contributed by atoms with E-state index in [2.05, 4.69) is 20.7 Å². The molecular weight excluding hydrogens is 431 g/mol. The Balaban J connectivity index is 0.00000312. The highest BCUT2D eigenvalue weighted by Gasteiger charge is 2.42. The molecule has 7 nitrogen and oxygen atoms in total. The third kappa shape index (κ3) is 5.86. The minimum absolute atomic E-state index is 0. The van der Waals surface area contributed by atoms with Gasteiger partial charge >= 0.3 is 0 Å². The summed E-state index contributed by atoms with van der Waals surface area (Å²) >= 11 is 0. The lowest BCUT2D eigenvalue weighted by Gasteiger charge is -2.31. The molecule has 0 unspecified atom stereocenters. The molecular formula is C17H31IN6O. The van der Waals surface area contributed by atoms with Gasteiger partial charge in [-0.05, 0) is 19.8 Å². The fraction of sp³-hybridized carbons (Fsp3) is 0.706. The van der Waals surface area contributed by atoms with E-state index in [1.165, 1.54) is 0 Å². The van der Waals surface area contributed by atoms with Crippen molar-refractivity contribution in [3.63, 3.8) is 0 Å². The molecule has 1 aliphatic rings. The zero-order chi connectivity index (χ0) is 17.6. The number of halogens is 1. The lowest BCUT2D eigenvalue weighted by atomic mass is 9.84. The number of amides is 1. The van der Waals surface area contributed by atoms with Gasteiger partial charge in [-0.3, -0.25) is 9.48 Å². The number of hydrogen-bond donors (Lipinski definition) is 2. The van der Waals surface area contributed by atoms with Gasteiger partial charge in [0.25, 0.3) is 0 Å². The van der Waals surface area contributed by atoms with Crippen LogP contribution in [0.25, 0.3) is 0 Å². The number of carbonyl (C=O) groups is 1. The Morgan fingerprint density at radius 1 is 1.36 bits per heavy atom. The molecule has 0 spiro atoms. The van der Waals surface area contributed by atoms with Crippen LogP contribution in [-0.4, -0.2) is 53.7 Å². The van der Waals surface area contributed by atoms with Gasteiger partial charge in [0.05, 0.1) is 18.2 Å². The quantitative estimate of drug-likeness (QED) is 0.384. The molecule has 8 heteroatoms. The van der Waals surface area contributed by atoms with Crippen LogP contribution in [-0.2, 0) is 18.4 Å². The van der Waals surface area contributed by atoms with Crippen LogP contribution in [0, 0.1) is 5.41 Å². The first-order chi connectivity index (χ1) is 11.5. The molecule has 2 rings (SSSR count). The predicted octanol–water partition coefficient (Wildman–Crippen LogP) is 1.74. The van der Waals surface area contributed by atoms with Gasteiger partial charge in [0, 0.05) is 46.0 Å². The molecule has 0 atom stereocenters. The van der Waals surface area contributed by atoms with Crippen LogP contribution in [0.5, 0.6) is 0 Å². The Bertz CT molecular complexity index is 577. The molecule has 1 heterocycles. The zero-order valence-corrected chi connectivity index (χ0v) is 18.0. The van der Waals surface area contributed by atoms with E-state index in [0.717, 1.165) is 43.8 Å². The molecule has 2 N–H and O–H groups in total. The van der Waals surface area contributed by atoms with E-state index in [-0.39, 0.29) is 35.3 Å². The number of aromatic nitrogens is 2. The van der Waals surface area contributed by atoms with Crippen molar-refractivity contribution in [2.24, 2.45) is 17.5 Å². The Hall–Kier alpha value is -1.32. The minimum Gasteiger partial charge on any atom is -0.357 e. The summed E-state index contributed by atoms with van der Waals surface area (Å²) in [6, 6.07) is 0. The van der Waals surface area contributed by atoms with E-state index < -0.39 is 0 Å². The summed E-state index contributed by atoms with van der Waals surface area (Å²) in [7, 11) is 5.57. The number of aliphatic imine (C=N–C) groups is 1. The van der Waals surface area contributed by atoms with E-state index in [0.29, 0.717) is 13.1 Å². The smallest absolute Gasteiger partial charge is 0.230 e. The monoisotopic (exact) mass is 462 g/mol. The molecule has 0 aromatic carbocycles. The zero-order valence-electron chi connectivity index (χ0n) is 15.7. The molecule has 1 fully saturated rings. The van der Waals surface area contributed by atoms with Gasteiger partial charge in [-0.15, -0.1) is 24.0 Å². The summed E-state index contributed by atoms with van der Waals surface area (Å²) in [4.78, 5) is 19.0. The topological polar surface area (TPSA) is 74.5 Å². The van der Waals surface area contributed by atoms with Crippen LogP contribution in [0.2, 0.25) is 0 Å². The summed E-state index contributed by atoms with van der Waals surface area (Å²) in [5, 5.41) is 10.8. The number of nitrogens with zero attached hydrogens (tertiary/aromatic N) is 4. The van der Waals surface area contributed by atoms with Gasteiger partial charge < -0.3 is 15.5 Å². The van der Waals surface area contributed by atoms with Crippen molar-refractivity contribution < 1.29 is 4.79 Å². The normalized spacial score (nSPS) is 16.2. The molecule has 1 aliphatic carbocycles. The van der Waals surface area contributed by atoms with E-state index in [1.807, 2.05) is 40.5 Å². The maximum Gasteiger partial charge on any atom is 0.230 e. The maximum absolute atomic E-state index is 12.6. The molecule has 0 radical (unpaired) electrons. The predicted molar refractivity (Wildman–Crippen MR) is 111 cm³/mol. The Labute approximate surface area is 167 Å². The van der Waals surface area contributed by atoms with Crippen LogP contribution in [0.3, 0.4) is 0 Å². The van der Waals surface area contributed by atoms with Gasteiger partial charge in [0.1, 0.15) is 0 Å². The molecule has 25 heavy (non-hydrogen) atoms. The fourth-order valence-electron chi connectivity index (χ4n) is 3.31. The number of carbonyl (C=O) groups excluding carboxylic acids is 1. The largest absolute Gasteiger partial charge is 0.357 e. The van der Waals surface area contributed by atoms with Crippen molar-refractivity contribution in [2.75, 3.05) is 27.2 Å². The van der Waals surface area contributed by atoms with Crippen molar-refractivity contribution in [3.8, 4) is 0 Å². The first kappa shape index (κ1) is 21.7. The molecule has 0 bridgehead atoms. The number of rotatable bonds is 6. The fourth-order valence-corrected chi connectivity index (χ4v) is 3.31. The first-order valence-electron chi connectivity index (χ1n) is 8.68. The first-order valence-corrected chi connectivity index (χ1v) is 8.68. The summed E-state index contributed by atoms with van der Waals surface area (Å²) in [6.07, 6.45) is 7.90. The lowest BCUT2D eigenvalue weighted by Crippen LogP contribution is -2.49. The maximum atomic E-state index is 12.6. The average molecular weight is 462 g/mol. The van der Waals surface area contributed by atoms with Gasteiger partial charge in [-0.2, -0.15) is 5.10 Å². The SMILES string of the molecule is CCNC(=NCc1cnn(C)c1)NCC1(C(=O)N(C)C)CCCC1.I. The minimum atomic E-state index is -0.298. The Kier molecular flexibility index (Phi) is 8.67. The van der Waals surface area contributed by atoms with Gasteiger partial charge in [-0.1, -0.05) is 12.8 Å². The highest BCUT2D eigenvalue weighted by molar-refractivity contribution is 14.0. The summed E-state index contributed by atoms with van der Waals surface area (Å²) in [5.41, 5.74) is 0.767. The van der Waals surface area contributed by atoms with E-state index in [1.54, 1.807) is 9.58 Å². The molecule has 1 aromatic rings. The van der Waals surface area contributed by atoms with Gasteiger partial charge in [0.2, 0.25) is 5.91 Å². The second-order valence-electron chi connectivity index (χ2n) is 6.76. The summed E-state index contributed by atoms with van der Waals surface area (Å²) < 4.78 is 1.77.